The molecule has 0 aliphatic rings. The molecule has 0 aromatic heterocycles. The Morgan fingerprint density at radius 1 is 0.750 bits per heavy atom. The van der Waals surface area contributed by atoms with E-state index in [1.165, 1.54) is 0 Å². The maximum absolute atomic E-state index is 13.7. The lowest BCUT2D eigenvalue weighted by molar-refractivity contribution is 0.439. The lowest BCUT2D eigenvalue weighted by atomic mass is 9.97. The zero-order valence-electron chi connectivity index (χ0n) is 10.5. The van der Waals surface area contributed by atoms with Gasteiger partial charge in [-0.05, 0) is 12.8 Å². The van der Waals surface area contributed by atoms with Gasteiger partial charge in [-0.25, -0.2) is 26.3 Å². The fourth-order valence-corrected chi connectivity index (χ4v) is 2.13. The van der Waals surface area contributed by atoms with Gasteiger partial charge in [0, 0.05) is 17.0 Å². The van der Waals surface area contributed by atoms with Crippen LogP contribution in [0.1, 0.15) is 25.3 Å². The van der Waals surface area contributed by atoms with Gasteiger partial charge in [-0.1, -0.05) is 13.3 Å². The second-order valence-corrected chi connectivity index (χ2v) is 4.43. The maximum atomic E-state index is 13.7. The van der Waals surface area contributed by atoms with E-state index >= 15 is 0 Å². The van der Waals surface area contributed by atoms with Crippen LogP contribution in [0.15, 0.2) is 6.07 Å². The van der Waals surface area contributed by atoms with Gasteiger partial charge in [0.1, 0.15) is 5.82 Å². The lowest BCUT2D eigenvalue weighted by Gasteiger charge is -2.12. The molecule has 108 valence electrons. The third-order valence-corrected chi connectivity index (χ3v) is 3.12. The summed E-state index contributed by atoms with van der Waals surface area (Å²) in [6, 6.07) is 0.198. The monoisotopic (exact) mass is 292 g/mol. The van der Waals surface area contributed by atoms with Crippen LogP contribution in [-0.2, 0) is 6.42 Å². The minimum absolute atomic E-state index is 0.0992. The van der Waals surface area contributed by atoms with Crippen molar-refractivity contribution in [3.05, 3.63) is 46.5 Å². The van der Waals surface area contributed by atoms with Crippen molar-refractivity contribution in [2.45, 2.75) is 26.2 Å². The van der Waals surface area contributed by atoms with Crippen molar-refractivity contribution < 1.29 is 26.3 Å². The summed E-state index contributed by atoms with van der Waals surface area (Å²) in [5, 5.41) is -1.93. The Morgan fingerprint density at radius 3 is 2.00 bits per heavy atom. The molecular formula is C14H10F6. The van der Waals surface area contributed by atoms with E-state index in [-0.39, 0.29) is 12.5 Å². The highest BCUT2D eigenvalue weighted by Crippen LogP contribution is 2.33. The topological polar surface area (TPSA) is 0 Å². The van der Waals surface area contributed by atoms with Gasteiger partial charge >= 0.3 is 0 Å². The SMILES string of the molecule is CCCCc1c(F)c(F)c(F)c2c(F)c(F)cc(F)c12. The average molecular weight is 292 g/mol. The van der Waals surface area contributed by atoms with Crippen molar-refractivity contribution in [3.8, 4) is 0 Å². The summed E-state index contributed by atoms with van der Waals surface area (Å²) in [4.78, 5) is 0. The number of benzene rings is 2. The molecule has 0 amide bonds. The van der Waals surface area contributed by atoms with Crippen LogP contribution in [0.4, 0.5) is 26.3 Å². The largest absolute Gasteiger partial charge is 0.206 e. The molecular weight excluding hydrogens is 282 g/mol. The molecule has 0 aliphatic carbocycles. The van der Waals surface area contributed by atoms with Crippen molar-refractivity contribution in [2.75, 3.05) is 0 Å². The van der Waals surface area contributed by atoms with E-state index in [9.17, 15) is 26.3 Å². The molecule has 0 bridgehead atoms. The molecule has 0 N–H and O–H groups in total. The van der Waals surface area contributed by atoms with Crippen molar-refractivity contribution in [3.63, 3.8) is 0 Å². The predicted octanol–water partition coefficient (Wildman–Crippen LogP) is 5.02. The maximum Gasteiger partial charge on any atom is 0.195 e. The number of aryl methyl sites for hydroxylation is 1. The van der Waals surface area contributed by atoms with E-state index in [2.05, 4.69) is 0 Å². The zero-order chi connectivity index (χ0) is 15.0. The zero-order valence-corrected chi connectivity index (χ0v) is 10.5. The van der Waals surface area contributed by atoms with Gasteiger partial charge < -0.3 is 0 Å². The molecule has 2 rings (SSSR count). The van der Waals surface area contributed by atoms with Crippen molar-refractivity contribution in [2.24, 2.45) is 0 Å². The summed E-state index contributed by atoms with van der Waals surface area (Å²) in [7, 11) is 0. The molecule has 6 heteroatoms. The van der Waals surface area contributed by atoms with E-state index in [0.29, 0.717) is 12.8 Å². The lowest BCUT2D eigenvalue weighted by Crippen LogP contribution is -2.05. The smallest absolute Gasteiger partial charge is 0.195 e. The van der Waals surface area contributed by atoms with Gasteiger partial charge in [-0.15, -0.1) is 0 Å². The highest BCUT2D eigenvalue weighted by molar-refractivity contribution is 5.88. The van der Waals surface area contributed by atoms with Crippen molar-refractivity contribution in [1.82, 2.24) is 0 Å². The Morgan fingerprint density at radius 2 is 1.40 bits per heavy atom. The molecule has 0 heterocycles. The molecule has 2 aromatic rings. The van der Waals surface area contributed by atoms with Gasteiger partial charge in [-0.2, -0.15) is 0 Å². The summed E-state index contributed by atoms with van der Waals surface area (Å²) in [5.74, 6) is -10.1. The number of unbranched alkanes of at least 4 members (excludes halogenated alkanes) is 1. The first-order chi connectivity index (χ1) is 9.40. The Balaban J connectivity index is 2.94. The third-order valence-electron chi connectivity index (χ3n) is 3.12. The predicted molar refractivity (Wildman–Crippen MR) is 62.3 cm³/mol. The molecule has 0 fully saturated rings. The summed E-state index contributed by atoms with van der Waals surface area (Å²) < 4.78 is 81.2. The van der Waals surface area contributed by atoms with Crippen molar-refractivity contribution >= 4 is 10.8 Å². The molecule has 0 spiro atoms. The molecule has 2 aromatic carbocycles. The first-order valence-corrected chi connectivity index (χ1v) is 6.02. The summed E-state index contributed by atoms with van der Waals surface area (Å²) in [5.41, 5.74) is -0.475. The van der Waals surface area contributed by atoms with Crippen LogP contribution in [0.25, 0.3) is 10.8 Å². The van der Waals surface area contributed by atoms with Crippen LogP contribution in [0.2, 0.25) is 0 Å². The second-order valence-electron chi connectivity index (χ2n) is 4.43. The number of fused-ring (bicyclic) bond motifs is 1. The van der Waals surface area contributed by atoms with Crippen LogP contribution in [-0.4, -0.2) is 0 Å². The fraction of sp³-hybridized carbons (Fsp3) is 0.286. The van der Waals surface area contributed by atoms with E-state index in [0.717, 1.165) is 0 Å². The van der Waals surface area contributed by atoms with Gasteiger partial charge in [0.25, 0.3) is 0 Å². The summed E-state index contributed by atoms with van der Waals surface area (Å²) >= 11 is 0. The first-order valence-electron chi connectivity index (χ1n) is 6.02. The fourth-order valence-electron chi connectivity index (χ4n) is 2.13. The Hall–Kier alpha value is -1.72. The average Bonchev–Trinajstić information content (AvgIpc) is 2.41. The van der Waals surface area contributed by atoms with E-state index in [1.54, 1.807) is 6.92 Å². The highest BCUT2D eigenvalue weighted by Gasteiger charge is 2.26. The minimum atomic E-state index is -1.92. The van der Waals surface area contributed by atoms with E-state index in [1.807, 2.05) is 0 Å². The number of hydrogen-bond acceptors (Lipinski definition) is 0. The quantitative estimate of drug-likeness (QED) is 0.423. The molecule has 0 atom stereocenters. The van der Waals surface area contributed by atoms with Crippen LogP contribution in [0.3, 0.4) is 0 Å². The Bertz CT molecular complexity index is 678. The minimum Gasteiger partial charge on any atom is -0.206 e. The number of halogens is 6. The van der Waals surface area contributed by atoms with Crippen LogP contribution >= 0.6 is 0 Å². The Labute approximate surface area is 111 Å². The van der Waals surface area contributed by atoms with Crippen molar-refractivity contribution in [1.29, 1.82) is 0 Å². The molecule has 0 saturated heterocycles. The van der Waals surface area contributed by atoms with Crippen LogP contribution in [0, 0.1) is 34.9 Å². The van der Waals surface area contributed by atoms with Gasteiger partial charge in [-0.3, -0.25) is 0 Å². The van der Waals surface area contributed by atoms with Crippen LogP contribution in [0.5, 0.6) is 0 Å². The normalized spacial score (nSPS) is 11.3. The highest BCUT2D eigenvalue weighted by atomic mass is 19.2. The molecule has 0 unspecified atom stereocenters. The third kappa shape index (κ3) is 2.13. The summed E-state index contributed by atoms with van der Waals surface area (Å²) in [6.07, 6.45) is 0.860. The molecule has 0 saturated carbocycles. The standard InChI is InChI=1S/C14H10F6/c1-2-3-4-6-9-7(15)5-8(16)12(18)10(9)13(19)14(20)11(6)17/h5H,2-4H2,1H3. The first kappa shape index (κ1) is 14.7. The number of rotatable bonds is 3. The van der Waals surface area contributed by atoms with E-state index in [4.69, 9.17) is 0 Å². The second kappa shape index (κ2) is 5.34. The van der Waals surface area contributed by atoms with Gasteiger partial charge in [0.05, 0.1) is 5.39 Å². The Kier molecular flexibility index (Phi) is 3.92. The number of hydrogen-bond donors (Lipinski definition) is 0. The van der Waals surface area contributed by atoms with E-state index < -0.39 is 51.2 Å². The van der Waals surface area contributed by atoms with Gasteiger partial charge in [0.2, 0.25) is 0 Å². The molecule has 0 nitrogen and oxygen atoms in total. The van der Waals surface area contributed by atoms with Crippen LogP contribution < -0.4 is 0 Å². The molecule has 0 radical (unpaired) electrons. The molecule has 0 aliphatic heterocycles. The van der Waals surface area contributed by atoms with Gasteiger partial charge in [0.15, 0.2) is 29.1 Å². The summed E-state index contributed by atoms with van der Waals surface area (Å²) in [6.45, 7) is 1.76. The molecule has 20 heavy (non-hydrogen) atoms.